The Kier molecular flexibility index (Phi) is 6.80. The maximum absolute atomic E-state index is 12.0. The zero-order valence-corrected chi connectivity index (χ0v) is 16.4. The Morgan fingerprint density at radius 1 is 1.07 bits per heavy atom. The Hall–Kier alpha value is -2.60. The molecule has 27 heavy (non-hydrogen) atoms. The van der Waals surface area contributed by atoms with Gasteiger partial charge in [-0.25, -0.2) is 0 Å². The highest BCUT2D eigenvalue weighted by molar-refractivity contribution is 5.84. The molecule has 1 aromatic heterocycles. The first-order valence-electron chi connectivity index (χ1n) is 9.06. The van der Waals surface area contributed by atoms with Crippen LogP contribution in [0.4, 0.5) is 0 Å². The lowest BCUT2D eigenvalue weighted by Gasteiger charge is -2.23. The number of aliphatic hydroxyl groups is 1. The molecule has 0 saturated heterocycles. The van der Waals surface area contributed by atoms with Crippen molar-refractivity contribution in [1.82, 2.24) is 10.6 Å². The normalized spacial score (nSPS) is 13.1. The van der Waals surface area contributed by atoms with Gasteiger partial charge < -0.3 is 20.2 Å². The molecule has 0 fully saturated rings. The molecule has 0 aliphatic heterocycles. The number of rotatable bonds is 8. The Balaban J connectivity index is 1.73. The van der Waals surface area contributed by atoms with Crippen LogP contribution in [0, 0.1) is 20.8 Å². The SMILES string of the molecule is Cc1ccc(CCC(=O)NCC(=O)NCC(C)(O)c2cc(C)oc2C)cc1. The van der Waals surface area contributed by atoms with Crippen molar-refractivity contribution in [2.24, 2.45) is 0 Å². The molecule has 6 nitrogen and oxygen atoms in total. The van der Waals surface area contributed by atoms with E-state index in [0.717, 1.165) is 5.56 Å². The van der Waals surface area contributed by atoms with Crippen molar-refractivity contribution < 1.29 is 19.1 Å². The molecule has 3 N–H and O–H groups in total. The molecule has 2 aromatic rings. The van der Waals surface area contributed by atoms with E-state index in [9.17, 15) is 14.7 Å². The molecule has 1 unspecified atom stereocenters. The van der Waals surface area contributed by atoms with E-state index >= 15 is 0 Å². The van der Waals surface area contributed by atoms with Gasteiger partial charge >= 0.3 is 0 Å². The van der Waals surface area contributed by atoms with E-state index in [1.54, 1.807) is 26.8 Å². The highest BCUT2D eigenvalue weighted by atomic mass is 16.3. The Labute approximate surface area is 160 Å². The van der Waals surface area contributed by atoms with Crippen molar-refractivity contribution in [2.75, 3.05) is 13.1 Å². The van der Waals surface area contributed by atoms with Crippen molar-refractivity contribution in [1.29, 1.82) is 0 Å². The molecular weight excluding hydrogens is 344 g/mol. The van der Waals surface area contributed by atoms with Gasteiger partial charge in [-0.15, -0.1) is 0 Å². The summed E-state index contributed by atoms with van der Waals surface area (Å²) < 4.78 is 5.43. The first-order valence-corrected chi connectivity index (χ1v) is 9.06. The van der Waals surface area contributed by atoms with E-state index in [-0.39, 0.29) is 24.9 Å². The third-order valence-electron chi connectivity index (χ3n) is 4.46. The molecule has 0 aliphatic carbocycles. The van der Waals surface area contributed by atoms with Crippen LogP contribution in [0.5, 0.6) is 0 Å². The lowest BCUT2D eigenvalue weighted by Crippen LogP contribution is -2.43. The number of hydrogen-bond acceptors (Lipinski definition) is 4. The lowest BCUT2D eigenvalue weighted by molar-refractivity contribution is -0.126. The Morgan fingerprint density at radius 3 is 2.33 bits per heavy atom. The van der Waals surface area contributed by atoms with E-state index in [2.05, 4.69) is 10.6 Å². The van der Waals surface area contributed by atoms with Gasteiger partial charge in [-0.1, -0.05) is 29.8 Å². The second-order valence-electron chi connectivity index (χ2n) is 7.14. The molecule has 0 radical (unpaired) electrons. The first kappa shape index (κ1) is 20.7. The van der Waals surface area contributed by atoms with Crippen molar-refractivity contribution in [3.05, 3.63) is 58.5 Å². The summed E-state index contributed by atoms with van der Waals surface area (Å²) >= 11 is 0. The average molecular weight is 372 g/mol. The zero-order chi connectivity index (χ0) is 20.0. The first-order chi connectivity index (χ1) is 12.7. The van der Waals surface area contributed by atoms with Crippen molar-refractivity contribution in [3.8, 4) is 0 Å². The van der Waals surface area contributed by atoms with Gasteiger partial charge in [-0.05, 0) is 45.7 Å². The van der Waals surface area contributed by atoms with Crippen molar-refractivity contribution in [2.45, 2.75) is 46.1 Å². The van der Waals surface area contributed by atoms with Crippen LogP contribution >= 0.6 is 0 Å². The van der Waals surface area contributed by atoms with Crippen LogP contribution in [0.25, 0.3) is 0 Å². The van der Waals surface area contributed by atoms with Gasteiger partial charge in [0.2, 0.25) is 11.8 Å². The smallest absolute Gasteiger partial charge is 0.239 e. The molecule has 0 spiro atoms. The van der Waals surface area contributed by atoms with Crippen molar-refractivity contribution in [3.63, 3.8) is 0 Å². The molecule has 1 heterocycles. The maximum atomic E-state index is 12.0. The minimum Gasteiger partial charge on any atom is -0.466 e. The van der Waals surface area contributed by atoms with Crippen LogP contribution in [-0.4, -0.2) is 30.0 Å². The average Bonchev–Trinajstić information content (AvgIpc) is 2.97. The fourth-order valence-electron chi connectivity index (χ4n) is 2.87. The number of aryl methyl sites for hydroxylation is 4. The molecule has 0 saturated carbocycles. The summed E-state index contributed by atoms with van der Waals surface area (Å²) in [5.41, 5.74) is 1.66. The third-order valence-corrected chi connectivity index (χ3v) is 4.46. The second-order valence-corrected chi connectivity index (χ2v) is 7.14. The van der Waals surface area contributed by atoms with Gasteiger partial charge in [0, 0.05) is 12.0 Å². The standard InChI is InChI=1S/C21H28N2O4/c1-14-5-7-17(8-6-14)9-10-19(24)22-12-20(25)23-13-21(4,26)18-11-15(2)27-16(18)3/h5-8,11,26H,9-10,12-13H2,1-4H3,(H,22,24)(H,23,25). The predicted molar refractivity (Wildman–Crippen MR) is 103 cm³/mol. The van der Waals surface area contributed by atoms with E-state index in [1.807, 2.05) is 31.2 Å². The van der Waals surface area contributed by atoms with Gasteiger partial charge in [-0.3, -0.25) is 9.59 Å². The monoisotopic (exact) mass is 372 g/mol. The van der Waals surface area contributed by atoms with Gasteiger partial charge in [-0.2, -0.15) is 0 Å². The molecule has 0 aliphatic rings. The summed E-state index contributed by atoms with van der Waals surface area (Å²) in [6, 6.07) is 9.77. The number of amides is 2. The van der Waals surface area contributed by atoms with Crippen LogP contribution in [0.3, 0.4) is 0 Å². The summed E-state index contributed by atoms with van der Waals surface area (Å²) in [6.07, 6.45) is 0.948. The lowest BCUT2D eigenvalue weighted by atomic mass is 9.96. The maximum Gasteiger partial charge on any atom is 0.239 e. The number of carbonyl (C=O) groups is 2. The highest BCUT2D eigenvalue weighted by Gasteiger charge is 2.28. The van der Waals surface area contributed by atoms with Gasteiger partial charge in [0.25, 0.3) is 0 Å². The fraction of sp³-hybridized carbons (Fsp3) is 0.429. The molecule has 2 rings (SSSR count). The number of hydrogen-bond donors (Lipinski definition) is 3. The van der Waals surface area contributed by atoms with Gasteiger partial charge in [0.05, 0.1) is 13.1 Å². The van der Waals surface area contributed by atoms with Crippen LogP contribution in [0.2, 0.25) is 0 Å². The van der Waals surface area contributed by atoms with Crippen LogP contribution < -0.4 is 10.6 Å². The van der Waals surface area contributed by atoms with Crippen LogP contribution in [0.1, 0.15) is 41.6 Å². The third kappa shape index (κ3) is 6.25. The molecule has 2 amide bonds. The van der Waals surface area contributed by atoms with Crippen molar-refractivity contribution >= 4 is 11.8 Å². The number of nitrogens with one attached hydrogen (secondary N) is 2. The molecule has 6 heteroatoms. The molecule has 146 valence electrons. The number of furan rings is 1. The molecule has 1 aromatic carbocycles. The number of carbonyl (C=O) groups excluding carboxylic acids is 2. The van der Waals surface area contributed by atoms with Crippen LogP contribution in [0.15, 0.2) is 34.7 Å². The fourth-order valence-corrected chi connectivity index (χ4v) is 2.87. The van der Waals surface area contributed by atoms with E-state index < -0.39 is 5.60 Å². The topological polar surface area (TPSA) is 91.6 Å². The Morgan fingerprint density at radius 2 is 1.74 bits per heavy atom. The summed E-state index contributed by atoms with van der Waals surface area (Å²) in [6.45, 7) is 7.12. The molecular formula is C21H28N2O4. The Bertz CT molecular complexity index is 791. The van der Waals surface area contributed by atoms with E-state index in [0.29, 0.717) is 29.9 Å². The van der Waals surface area contributed by atoms with E-state index in [4.69, 9.17) is 4.42 Å². The quantitative estimate of drug-likeness (QED) is 0.663. The van der Waals surface area contributed by atoms with E-state index in [1.165, 1.54) is 5.56 Å². The summed E-state index contributed by atoms with van der Waals surface area (Å²) in [5, 5.41) is 15.8. The summed E-state index contributed by atoms with van der Waals surface area (Å²) in [7, 11) is 0. The molecule has 1 atom stereocenters. The van der Waals surface area contributed by atoms with Gasteiger partial charge in [0.1, 0.15) is 17.1 Å². The highest BCUT2D eigenvalue weighted by Crippen LogP contribution is 2.26. The zero-order valence-electron chi connectivity index (χ0n) is 16.4. The second kappa shape index (κ2) is 8.86. The van der Waals surface area contributed by atoms with Gasteiger partial charge in [0.15, 0.2) is 0 Å². The minimum atomic E-state index is -1.24. The predicted octanol–water partition coefficient (Wildman–Crippen LogP) is 2.28. The van der Waals surface area contributed by atoms with Crippen LogP contribution in [-0.2, 0) is 21.6 Å². The molecule has 0 bridgehead atoms. The summed E-state index contributed by atoms with van der Waals surface area (Å²) in [4.78, 5) is 23.9. The summed E-state index contributed by atoms with van der Waals surface area (Å²) in [5.74, 6) is 0.793. The largest absolute Gasteiger partial charge is 0.466 e. The number of benzene rings is 1. The minimum absolute atomic E-state index is 0.0326.